The Morgan fingerprint density at radius 3 is 2.42 bits per heavy atom. The molecule has 0 aliphatic heterocycles. The topological polar surface area (TPSA) is 60.5 Å². The summed E-state index contributed by atoms with van der Waals surface area (Å²) < 4.78 is 11.2. The fourth-order valence-corrected chi connectivity index (χ4v) is 4.25. The van der Waals surface area contributed by atoms with Crippen molar-refractivity contribution in [1.29, 1.82) is 0 Å². The van der Waals surface area contributed by atoms with Crippen LogP contribution in [-0.4, -0.2) is 24.6 Å². The number of hydrogen-bond donors (Lipinski definition) is 1. The van der Waals surface area contributed by atoms with Crippen LogP contribution in [0, 0.1) is 20.8 Å². The number of anilines is 1. The zero-order valence-corrected chi connectivity index (χ0v) is 20.1. The molecular formula is C25H30N2O3S. The van der Waals surface area contributed by atoms with Gasteiger partial charge in [0.1, 0.15) is 11.5 Å². The SMILES string of the molecule is COc1ccc(-c2nc(NC(=O)COc3ccc(C)cc3C(C)(C)C)sc2C)cc1C. The van der Waals surface area contributed by atoms with Gasteiger partial charge >= 0.3 is 0 Å². The molecule has 0 saturated carbocycles. The summed E-state index contributed by atoms with van der Waals surface area (Å²) in [6.45, 7) is 12.4. The Morgan fingerprint density at radius 2 is 1.77 bits per heavy atom. The van der Waals surface area contributed by atoms with Crippen molar-refractivity contribution in [2.75, 3.05) is 19.0 Å². The van der Waals surface area contributed by atoms with Crippen molar-refractivity contribution in [3.8, 4) is 22.8 Å². The van der Waals surface area contributed by atoms with Gasteiger partial charge in [0.2, 0.25) is 0 Å². The molecule has 1 N–H and O–H groups in total. The molecule has 0 fully saturated rings. The molecular weight excluding hydrogens is 408 g/mol. The van der Waals surface area contributed by atoms with Crippen molar-refractivity contribution in [1.82, 2.24) is 4.98 Å². The fourth-order valence-electron chi connectivity index (χ4n) is 3.40. The maximum absolute atomic E-state index is 12.5. The number of methoxy groups -OCH3 is 1. The van der Waals surface area contributed by atoms with E-state index in [9.17, 15) is 4.79 Å². The van der Waals surface area contributed by atoms with E-state index in [0.717, 1.165) is 38.8 Å². The number of aromatic nitrogens is 1. The number of thiazole rings is 1. The monoisotopic (exact) mass is 438 g/mol. The summed E-state index contributed by atoms with van der Waals surface area (Å²) in [5.74, 6) is 1.35. The van der Waals surface area contributed by atoms with Crippen LogP contribution in [0.4, 0.5) is 5.13 Å². The number of carbonyl (C=O) groups is 1. The molecule has 164 valence electrons. The summed E-state index contributed by atoms with van der Waals surface area (Å²) in [6.07, 6.45) is 0. The van der Waals surface area contributed by atoms with Crippen molar-refractivity contribution >= 4 is 22.4 Å². The molecule has 0 unspecified atom stereocenters. The van der Waals surface area contributed by atoms with Crippen molar-refractivity contribution in [3.05, 3.63) is 58.0 Å². The quantitative estimate of drug-likeness (QED) is 0.508. The average molecular weight is 439 g/mol. The minimum Gasteiger partial charge on any atom is -0.496 e. The predicted octanol–water partition coefficient (Wildman–Crippen LogP) is 6.06. The lowest BCUT2D eigenvalue weighted by molar-refractivity contribution is -0.118. The highest BCUT2D eigenvalue weighted by Gasteiger charge is 2.20. The lowest BCUT2D eigenvalue weighted by Gasteiger charge is -2.23. The van der Waals surface area contributed by atoms with Gasteiger partial charge in [-0.15, -0.1) is 11.3 Å². The van der Waals surface area contributed by atoms with Gasteiger partial charge < -0.3 is 9.47 Å². The molecule has 0 saturated heterocycles. The van der Waals surface area contributed by atoms with Crippen LogP contribution in [0.15, 0.2) is 36.4 Å². The van der Waals surface area contributed by atoms with E-state index in [-0.39, 0.29) is 17.9 Å². The number of amides is 1. The van der Waals surface area contributed by atoms with Crippen molar-refractivity contribution < 1.29 is 14.3 Å². The maximum Gasteiger partial charge on any atom is 0.264 e. The Hall–Kier alpha value is -2.86. The van der Waals surface area contributed by atoms with E-state index < -0.39 is 0 Å². The van der Waals surface area contributed by atoms with Crippen LogP contribution in [0.25, 0.3) is 11.3 Å². The minimum atomic E-state index is -0.230. The molecule has 0 atom stereocenters. The molecule has 1 heterocycles. The van der Waals surface area contributed by atoms with E-state index in [1.54, 1.807) is 7.11 Å². The third-order valence-corrected chi connectivity index (χ3v) is 5.90. The zero-order valence-electron chi connectivity index (χ0n) is 19.3. The summed E-state index contributed by atoms with van der Waals surface area (Å²) in [4.78, 5) is 18.2. The van der Waals surface area contributed by atoms with Crippen molar-refractivity contribution in [2.45, 2.75) is 47.0 Å². The van der Waals surface area contributed by atoms with Gasteiger partial charge in [-0.3, -0.25) is 10.1 Å². The third kappa shape index (κ3) is 5.44. The molecule has 0 aliphatic rings. The first-order valence-corrected chi connectivity index (χ1v) is 11.1. The smallest absolute Gasteiger partial charge is 0.264 e. The standard InChI is InChI=1S/C25H30N2O3S/c1-15-8-10-21(19(12-15)25(4,5)6)30-14-22(28)26-24-27-23(17(3)31-24)18-9-11-20(29-7)16(2)13-18/h8-13H,14H2,1-7H3,(H,26,27,28). The first-order chi connectivity index (χ1) is 14.6. The lowest BCUT2D eigenvalue weighted by atomic mass is 9.85. The Labute approximate surface area is 188 Å². The van der Waals surface area contributed by atoms with Gasteiger partial charge in [0.05, 0.1) is 12.8 Å². The van der Waals surface area contributed by atoms with Crippen LogP contribution in [0.2, 0.25) is 0 Å². The Balaban J connectivity index is 1.70. The largest absolute Gasteiger partial charge is 0.496 e. The predicted molar refractivity (Wildman–Crippen MR) is 128 cm³/mol. The van der Waals surface area contributed by atoms with Crippen LogP contribution in [0.5, 0.6) is 11.5 Å². The second kappa shape index (κ2) is 9.10. The number of aryl methyl sites for hydroxylation is 3. The van der Waals surface area contributed by atoms with Crippen LogP contribution < -0.4 is 14.8 Å². The molecule has 0 spiro atoms. The maximum atomic E-state index is 12.5. The lowest BCUT2D eigenvalue weighted by Crippen LogP contribution is -2.22. The highest BCUT2D eigenvalue weighted by molar-refractivity contribution is 7.16. The fraction of sp³-hybridized carbons (Fsp3) is 0.360. The average Bonchev–Trinajstić information content (AvgIpc) is 3.06. The molecule has 6 heteroatoms. The first-order valence-electron chi connectivity index (χ1n) is 10.2. The van der Waals surface area contributed by atoms with Crippen LogP contribution in [-0.2, 0) is 10.2 Å². The van der Waals surface area contributed by atoms with Crippen LogP contribution >= 0.6 is 11.3 Å². The van der Waals surface area contributed by atoms with E-state index in [4.69, 9.17) is 9.47 Å². The van der Waals surface area contributed by atoms with Gasteiger partial charge in [-0.05, 0) is 61.6 Å². The summed E-state index contributed by atoms with van der Waals surface area (Å²) in [5.41, 5.74) is 5.08. The summed E-state index contributed by atoms with van der Waals surface area (Å²) in [5, 5.41) is 3.43. The van der Waals surface area contributed by atoms with Gasteiger partial charge in [0.15, 0.2) is 11.7 Å². The number of nitrogens with one attached hydrogen (secondary N) is 1. The summed E-state index contributed by atoms with van der Waals surface area (Å²) in [7, 11) is 1.66. The summed E-state index contributed by atoms with van der Waals surface area (Å²) >= 11 is 1.45. The van der Waals surface area contributed by atoms with E-state index in [2.05, 4.69) is 44.1 Å². The molecule has 3 aromatic rings. The molecule has 0 radical (unpaired) electrons. The number of carbonyl (C=O) groups excluding carboxylic acids is 1. The Kier molecular flexibility index (Phi) is 6.70. The third-order valence-electron chi connectivity index (χ3n) is 5.01. The van der Waals surface area contributed by atoms with Gasteiger partial charge in [0.25, 0.3) is 5.91 Å². The highest BCUT2D eigenvalue weighted by Crippen LogP contribution is 2.34. The van der Waals surface area contributed by atoms with Gasteiger partial charge in [-0.2, -0.15) is 0 Å². The number of rotatable bonds is 6. The molecule has 2 aromatic carbocycles. The van der Waals surface area contributed by atoms with Crippen molar-refractivity contribution in [2.24, 2.45) is 0 Å². The van der Waals surface area contributed by atoms with E-state index >= 15 is 0 Å². The Bertz CT molecular complexity index is 1100. The van der Waals surface area contributed by atoms with Gasteiger partial charge in [-0.1, -0.05) is 38.5 Å². The van der Waals surface area contributed by atoms with Gasteiger partial charge in [0, 0.05) is 10.4 Å². The molecule has 3 rings (SSSR count). The second-order valence-corrected chi connectivity index (χ2v) is 9.90. The molecule has 31 heavy (non-hydrogen) atoms. The highest BCUT2D eigenvalue weighted by atomic mass is 32.1. The number of ether oxygens (including phenoxy) is 2. The first kappa shape index (κ1) is 22.8. The number of benzene rings is 2. The summed E-state index contributed by atoms with van der Waals surface area (Å²) in [6, 6.07) is 12.0. The molecule has 1 aromatic heterocycles. The zero-order chi connectivity index (χ0) is 22.8. The van der Waals surface area contributed by atoms with Crippen LogP contribution in [0.3, 0.4) is 0 Å². The number of hydrogen-bond acceptors (Lipinski definition) is 5. The van der Waals surface area contributed by atoms with Gasteiger partial charge in [-0.25, -0.2) is 4.98 Å². The molecule has 5 nitrogen and oxygen atoms in total. The molecule has 0 bridgehead atoms. The normalized spacial score (nSPS) is 11.3. The minimum absolute atomic E-state index is 0.0677. The Morgan fingerprint density at radius 1 is 1.06 bits per heavy atom. The van der Waals surface area contributed by atoms with Crippen molar-refractivity contribution in [3.63, 3.8) is 0 Å². The second-order valence-electron chi connectivity index (χ2n) is 8.69. The number of nitrogens with zero attached hydrogens (tertiary/aromatic N) is 1. The van der Waals surface area contributed by atoms with E-state index in [1.165, 1.54) is 16.9 Å². The molecule has 1 amide bonds. The van der Waals surface area contributed by atoms with E-state index in [1.807, 2.05) is 44.2 Å². The van der Waals surface area contributed by atoms with Crippen LogP contribution in [0.1, 0.15) is 42.3 Å². The van der Waals surface area contributed by atoms with E-state index in [0.29, 0.717) is 5.13 Å². The molecule has 0 aliphatic carbocycles.